The van der Waals surface area contributed by atoms with Crippen LogP contribution in [0.5, 0.6) is 0 Å². The molecule has 0 saturated carbocycles. The lowest BCUT2D eigenvalue weighted by atomic mass is 10.5. The number of amides is 2. The number of hydrazine groups is 1. The van der Waals surface area contributed by atoms with Gasteiger partial charge in [0.2, 0.25) is 0 Å². The van der Waals surface area contributed by atoms with E-state index in [1.165, 1.54) is 0 Å². The van der Waals surface area contributed by atoms with Crippen molar-refractivity contribution < 1.29 is 18.0 Å². The monoisotopic (exact) mass is 155 g/mol. The molecule has 1 saturated heterocycles. The number of halogens is 3. The van der Waals surface area contributed by atoms with Gasteiger partial charge in [-0.25, -0.2) is 10.2 Å². The average Bonchev–Trinajstić information content (AvgIpc) is 2.11. The third-order valence-electron chi connectivity index (χ3n) is 0.933. The lowest BCUT2D eigenvalue weighted by molar-refractivity contribution is -0.157. The second-order valence-electron chi connectivity index (χ2n) is 1.72. The molecule has 0 aromatic heterocycles. The van der Waals surface area contributed by atoms with Crippen molar-refractivity contribution in [2.75, 3.05) is 0 Å². The predicted octanol–water partition coefficient (Wildman–Crippen LogP) is -0.308. The fourth-order valence-electron chi connectivity index (χ4n) is 0.505. The van der Waals surface area contributed by atoms with Crippen molar-refractivity contribution in [2.45, 2.75) is 12.3 Å². The minimum atomic E-state index is -4.45. The molecule has 2 amide bonds. The Kier molecular flexibility index (Phi) is 1.43. The molecule has 0 aromatic carbocycles. The first-order valence-electron chi connectivity index (χ1n) is 2.39. The summed E-state index contributed by atoms with van der Waals surface area (Å²) in [5.41, 5.74) is 3.47. The molecular formula is C3H4F3N3O. The van der Waals surface area contributed by atoms with Crippen molar-refractivity contribution in [1.29, 1.82) is 0 Å². The first-order chi connectivity index (χ1) is 4.50. The lowest BCUT2D eigenvalue weighted by Gasteiger charge is -2.12. The van der Waals surface area contributed by atoms with Crippen molar-refractivity contribution in [3.63, 3.8) is 0 Å². The van der Waals surface area contributed by atoms with Crippen molar-refractivity contribution in [3.8, 4) is 0 Å². The molecule has 3 N–H and O–H groups in total. The van der Waals surface area contributed by atoms with E-state index in [1.54, 1.807) is 16.2 Å². The summed E-state index contributed by atoms with van der Waals surface area (Å²) in [5.74, 6) is 0. The summed E-state index contributed by atoms with van der Waals surface area (Å²) in [4.78, 5) is 10.1. The van der Waals surface area contributed by atoms with Gasteiger partial charge in [0.1, 0.15) is 0 Å². The molecule has 0 spiro atoms. The van der Waals surface area contributed by atoms with Crippen LogP contribution in [0.3, 0.4) is 0 Å². The van der Waals surface area contributed by atoms with Gasteiger partial charge in [-0.1, -0.05) is 0 Å². The molecule has 1 atom stereocenters. The third kappa shape index (κ3) is 1.29. The average molecular weight is 155 g/mol. The van der Waals surface area contributed by atoms with Gasteiger partial charge in [-0.05, 0) is 0 Å². The first kappa shape index (κ1) is 7.13. The third-order valence-corrected chi connectivity index (χ3v) is 0.933. The maximum atomic E-state index is 11.6. The molecule has 1 unspecified atom stereocenters. The van der Waals surface area contributed by atoms with Crippen LogP contribution in [0.4, 0.5) is 18.0 Å². The highest BCUT2D eigenvalue weighted by Gasteiger charge is 2.43. The van der Waals surface area contributed by atoms with Crippen LogP contribution in [-0.4, -0.2) is 18.4 Å². The largest absolute Gasteiger partial charge is 0.423 e. The summed E-state index contributed by atoms with van der Waals surface area (Å²) >= 11 is 0. The molecule has 0 radical (unpaired) electrons. The number of carbonyl (C=O) groups excluding carboxylic acids is 1. The van der Waals surface area contributed by atoms with Crippen molar-refractivity contribution in [1.82, 2.24) is 16.2 Å². The maximum absolute atomic E-state index is 11.6. The lowest BCUT2D eigenvalue weighted by Crippen LogP contribution is -2.46. The van der Waals surface area contributed by atoms with Crippen molar-refractivity contribution in [2.24, 2.45) is 0 Å². The van der Waals surface area contributed by atoms with Gasteiger partial charge in [-0.2, -0.15) is 13.2 Å². The van der Waals surface area contributed by atoms with Gasteiger partial charge in [0.25, 0.3) is 0 Å². The Hall–Kier alpha value is -0.980. The Morgan fingerprint density at radius 3 is 2.20 bits per heavy atom. The Labute approximate surface area is 53.7 Å². The minimum Gasteiger partial charge on any atom is -0.312 e. The predicted molar refractivity (Wildman–Crippen MR) is 24.6 cm³/mol. The summed E-state index contributed by atoms with van der Waals surface area (Å²) in [6, 6.07) is -0.873. The van der Waals surface area contributed by atoms with Crippen LogP contribution in [0.25, 0.3) is 0 Å². The van der Waals surface area contributed by atoms with E-state index < -0.39 is 18.4 Å². The van der Waals surface area contributed by atoms with Gasteiger partial charge >= 0.3 is 12.2 Å². The second-order valence-corrected chi connectivity index (χ2v) is 1.72. The highest BCUT2D eigenvalue weighted by molar-refractivity contribution is 5.75. The Morgan fingerprint density at radius 2 is 2.00 bits per heavy atom. The van der Waals surface area contributed by atoms with E-state index in [0.717, 1.165) is 0 Å². The summed E-state index contributed by atoms with van der Waals surface area (Å²) in [5, 5.41) is 1.61. The zero-order chi connectivity index (χ0) is 7.78. The van der Waals surface area contributed by atoms with Crippen molar-refractivity contribution in [3.05, 3.63) is 0 Å². The molecule has 0 aliphatic carbocycles. The Morgan fingerprint density at radius 1 is 1.40 bits per heavy atom. The first-order valence-corrected chi connectivity index (χ1v) is 2.39. The number of urea groups is 1. The van der Waals surface area contributed by atoms with E-state index in [4.69, 9.17) is 0 Å². The number of carbonyl (C=O) groups is 1. The zero-order valence-corrected chi connectivity index (χ0v) is 4.62. The summed E-state index contributed by atoms with van der Waals surface area (Å²) < 4.78 is 34.9. The number of rotatable bonds is 0. The van der Waals surface area contributed by atoms with Crippen LogP contribution < -0.4 is 16.2 Å². The van der Waals surface area contributed by atoms with Crippen LogP contribution in [0.2, 0.25) is 0 Å². The van der Waals surface area contributed by atoms with Crippen LogP contribution in [0, 0.1) is 0 Å². The minimum absolute atomic E-state index is 0.873. The van der Waals surface area contributed by atoms with E-state index in [2.05, 4.69) is 0 Å². The topological polar surface area (TPSA) is 53.2 Å². The number of nitrogens with one attached hydrogen (secondary N) is 3. The molecule has 1 aliphatic rings. The fraction of sp³-hybridized carbons (Fsp3) is 0.667. The number of alkyl halides is 3. The van der Waals surface area contributed by atoms with E-state index in [0.29, 0.717) is 0 Å². The van der Waals surface area contributed by atoms with Gasteiger partial charge in [-0.3, -0.25) is 5.43 Å². The highest BCUT2D eigenvalue weighted by atomic mass is 19.4. The fourth-order valence-corrected chi connectivity index (χ4v) is 0.505. The SMILES string of the molecule is O=C1NNC(C(F)(F)F)N1. The van der Waals surface area contributed by atoms with Gasteiger partial charge in [0.05, 0.1) is 0 Å². The molecular weight excluding hydrogens is 151 g/mol. The summed E-state index contributed by atoms with van der Waals surface area (Å²) in [6.45, 7) is 0. The van der Waals surface area contributed by atoms with Gasteiger partial charge < -0.3 is 5.32 Å². The molecule has 1 fully saturated rings. The van der Waals surface area contributed by atoms with Gasteiger partial charge in [-0.15, -0.1) is 0 Å². The molecule has 7 heteroatoms. The molecule has 10 heavy (non-hydrogen) atoms. The number of hydrogen-bond acceptors (Lipinski definition) is 2. The van der Waals surface area contributed by atoms with Crippen LogP contribution in [-0.2, 0) is 0 Å². The number of hydrogen-bond donors (Lipinski definition) is 3. The molecule has 58 valence electrons. The van der Waals surface area contributed by atoms with E-state index in [-0.39, 0.29) is 0 Å². The molecule has 1 aliphatic heterocycles. The van der Waals surface area contributed by atoms with Gasteiger partial charge in [0.15, 0.2) is 6.17 Å². The van der Waals surface area contributed by atoms with Crippen molar-refractivity contribution >= 4 is 6.03 Å². The molecule has 0 bridgehead atoms. The second kappa shape index (κ2) is 2.01. The van der Waals surface area contributed by atoms with Crippen LogP contribution in [0.15, 0.2) is 0 Å². The van der Waals surface area contributed by atoms with Crippen LogP contribution >= 0.6 is 0 Å². The Bertz CT molecular complexity index is 156. The molecule has 0 aromatic rings. The maximum Gasteiger partial charge on any atom is 0.423 e. The van der Waals surface area contributed by atoms with E-state index in [1.807, 2.05) is 0 Å². The van der Waals surface area contributed by atoms with E-state index >= 15 is 0 Å². The summed E-state index contributed by atoms with van der Waals surface area (Å²) in [6.07, 6.45) is -6.42. The molecule has 1 rings (SSSR count). The van der Waals surface area contributed by atoms with Gasteiger partial charge in [0, 0.05) is 0 Å². The molecule has 1 heterocycles. The molecule has 4 nitrogen and oxygen atoms in total. The Balaban J connectivity index is 2.53. The smallest absolute Gasteiger partial charge is 0.312 e. The highest BCUT2D eigenvalue weighted by Crippen LogP contribution is 2.18. The summed E-state index contributed by atoms with van der Waals surface area (Å²) in [7, 11) is 0. The zero-order valence-electron chi connectivity index (χ0n) is 4.62. The standard InChI is InChI=1S/C3H4F3N3O/c4-3(5,6)1-7-2(10)9-8-1/h1,8H,(H2,7,9,10). The quantitative estimate of drug-likeness (QED) is 0.449. The van der Waals surface area contributed by atoms with E-state index in [9.17, 15) is 18.0 Å². The van der Waals surface area contributed by atoms with Crippen LogP contribution in [0.1, 0.15) is 0 Å². The normalized spacial score (nSPS) is 25.9.